The van der Waals surface area contributed by atoms with E-state index in [1.54, 1.807) is 5.01 Å². The third-order valence-electron chi connectivity index (χ3n) is 3.68. The zero-order valence-corrected chi connectivity index (χ0v) is 13.5. The lowest BCUT2D eigenvalue weighted by Gasteiger charge is -2.15. The predicted octanol–water partition coefficient (Wildman–Crippen LogP) is 4.41. The van der Waals surface area contributed by atoms with Crippen LogP contribution in [-0.4, -0.2) is 18.5 Å². The normalized spacial score (nSPS) is 11.1. The molecule has 0 fully saturated rings. The fraction of sp³-hybridized carbons (Fsp3) is 0.0476. The summed E-state index contributed by atoms with van der Waals surface area (Å²) in [4.78, 5) is 13.0. The molecular formula is C21H18N2O. The first-order chi connectivity index (χ1) is 11.8. The first-order valence-corrected chi connectivity index (χ1v) is 7.78. The number of carbonyl (C=O) groups excluding carboxylic acids is 1. The molecule has 0 heterocycles. The second-order valence-electron chi connectivity index (χ2n) is 5.37. The summed E-state index contributed by atoms with van der Waals surface area (Å²) < 4.78 is 0. The highest BCUT2D eigenvalue weighted by molar-refractivity contribution is 6.51. The lowest BCUT2D eigenvalue weighted by Crippen LogP contribution is -2.21. The van der Waals surface area contributed by atoms with E-state index in [9.17, 15) is 4.79 Å². The van der Waals surface area contributed by atoms with Gasteiger partial charge in [-0.1, -0.05) is 78.9 Å². The van der Waals surface area contributed by atoms with Crippen LogP contribution >= 0.6 is 0 Å². The van der Waals surface area contributed by atoms with Crippen LogP contribution in [-0.2, 0) is 0 Å². The Morgan fingerprint density at radius 3 is 1.71 bits per heavy atom. The molecule has 0 saturated heterocycles. The highest BCUT2D eigenvalue weighted by atomic mass is 16.1. The topological polar surface area (TPSA) is 32.7 Å². The maximum Gasteiger partial charge on any atom is 0.213 e. The van der Waals surface area contributed by atoms with Crippen molar-refractivity contribution in [3.8, 4) is 0 Å². The molecule has 0 aliphatic heterocycles. The van der Waals surface area contributed by atoms with Gasteiger partial charge in [0.25, 0.3) is 0 Å². The fourth-order valence-electron chi connectivity index (χ4n) is 2.41. The highest BCUT2D eigenvalue weighted by Gasteiger charge is 2.17. The van der Waals surface area contributed by atoms with Gasteiger partial charge in [-0.05, 0) is 12.1 Å². The van der Waals surface area contributed by atoms with Crippen molar-refractivity contribution in [1.82, 2.24) is 0 Å². The Labute approximate surface area is 141 Å². The first-order valence-electron chi connectivity index (χ1n) is 7.78. The lowest BCUT2D eigenvalue weighted by atomic mass is 10.0. The van der Waals surface area contributed by atoms with Gasteiger partial charge in [0.05, 0.1) is 5.69 Å². The van der Waals surface area contributed by atoms with Gasteiger partial charge in [-0.3, -0.25) is 9.80 Å². The number of rotatable bonds is 5. The molecular weight excluding hydrogens is 296 g/mol. The summed E-state index contributed by atoms with van der Waals surface area (Å²) in [6, 6.07) is 28.5. The van der Waals surface area contributed by atoms with Gasteiger partial charge in [0.1, 0.15) is 5.71 Å². The Hall–Kier alpha value is -3.20. The van der Waals surface area contributed by atoms with E-state index < -0.39 is 0 Å². The molecule has 0 N–H and O–H groups in total. The maximum atomic E-state index is 13.0. The third-order valence-corrected chi connectivity index (χ3v) is 3.68. The smallest absolute Gasteiger partial charge is 0.213 e. The molecule has 0 amide bonds. The van der Waals surface area contributed by atoms with Crippen molar-refractivity contribution < 1.29 is 4.79 Å². The van der Waals surface area contributed by atoms with Gasteiger partial charge in [-0.15, -0.1) is 0 Å². The fourth-order valence-corrected chi connectivity index (χ4v) is 2.41. The van der Waals surface area contributed by atoms with Crippen LogP contribution in [0.3, 0.4) is 0 Å². The Bertz CT molecular complexity index is 827. The molecule has 0 spiro atoms. The Balaban J connectivity index is 2.03. The monoisotopic (exact) mass is 314 g/mol. The van der Waals surface area contributed by atoms with Crippen molar-refractivity contribution in [3.63, 3.8) is 0 Å². The third kappa shape index (κ3) is 3.58. The number of carbonyl (C=O) groups is 1. The number of anilines is 1. The highest BCUT2D eigenvalue weighted by Crippen LogP contribution is 2.15. The van der Waals surface area contributed by atoms with Crippen LogP contribution in [0.5, 0.6) is 0 Å². The van der Waals surface area contributed by atoms with Crippen LogP contribution in [0, 0.1) is 0 Å². The van der Waals surface area contributed by atoms with Crippen LogP contribution in [0.1, 0.15) is 15.9 Å². The molecule has 0 unspecified atom stereocenters. The number of Topliss-reactive ketones (excluding diaryl/α,β-unsaturated/α-hetero) is 1. The van der Waals surface area contributed by atoms with Crippen molar-refractivity contribution in [2.75, 3.05) is 12.1 Å². The Morgan fingerprint density at radius 2 is 1.17 bits per heavy atom. The maximum absolute atomic E-state index is 13.0. The molecule has 0 bridgehead atoms. The number of para-hydroxylation sites is 1. The van der Waals surface area contributed by atoms with Crippen LogP contribution in [0.15, 0.2) is 96.1 Å². The average molecular weight is 314 g/mol. The van der Waals surface area contributed by atoms with E-state index in [-0.39, 0.29) is 5.78 Å². The molecule has 3 aromatic rings. The van der Waals surface area contributed by atoms with Crippen molar-refractivity contribution >= 4 is 17.2 Å². The number of hydrogen-bond acceptors (Lipinski definition) is 3. The number of hydrazone groups is 1. The second-order valence-corrected chi connectivity index (χ2v) is 5.37. The number of nitrogens with zero attached hydrogens (tertiary/aromatic N) is 2. The summed E-state index contributed by atoms with van der Waals surface area (Å²) in [6.07, 6.45) is 0. The van der Waals surface area contributed by atoms with Crippen molar-refractivity contribution in [1.29, 1.82) is 0 Å². The van der Waals surface area contributed by atoms with Crippen LogP contribution < -0.4 is 5.01 Å². The summed E-state index contributed by atoms with van der Waals surface area (Å²) in [6.45, 7) is 0. The summed E-state index contributed by atoms with van der Waals surface area (Å²) in [5, 5.41) is 6.32. The van der Waals surface area contributed by atoms with Gasteiger partial charge in [0.2, 0.25) is 5.78 Å². The molecule has 0 atom stereocenters. The van der Waals surface area contributed by atoms with Crippen LogP contribution in [0.4, 0.5) is 5.69 Å². The standard InChI is InChI=1S/C21H18N2O/c1-23(19-15-9-4-10-16-19)22-20(17-11-5-2-6-12-17)21(24)18-13-7-3-8-14-18/h2-16H,1H3. The molecule has 3 rings (SSSR count). The van der Waals surface area contributed by atoms with Gasteiger partial charge in [-0.2, -0.15) is 5.10 Å². The van der Waals surface area contributed by atoms with Crippen molar-refractivity contribution in [3.05, 3.63) is 102 Å². The quantitative estimate of drug-likeness (QED) is 0.397. The van der Waals surface area contributed by atoms with Gasteiger partial charge >= 0.3 is 0 Å². The molecule has 118 valence electrons. The van der Waals surface area contributed by atoms with E-state index in [1.807, 2.05) is 98.0 Å². The summed E-state index contributed by atoms with van der Waals surface area (Å²) in [5.41, 5.74) is 2.77. The van der Waals surface area contributed by atoms with Gasteiger partial charge < -0.3 is 0 Å². The summed E-state index contributed by atoms with van der Waals surface area (Å²) in [5.74, 6) is -0.0930. The molecule has 0 aliphatic carbocycles. The number of benzene rings is 3. The molecule has 0 aliphatic rings. The van der Waals surface area contributed by atoms with E-state index in [0.29, 0.717) is 11.3 Å². The van der Waals surface area contributed by atoms with E-state index in [1.165, 1.54) is 0 Å². The van der Waals surface area contributed by atoms with E-state index in [0.717, 1.165) is 11.3 Å². The van der Waals surface area contributed by atoms with Crippen molar-refractivity contribution in [2.24, 2.45) is 5.10 Å². The van der Waals surface area contributed by atoms with E-state index in [4.69, 9.17) is 0 Å². The van der Waals surface area contributed by atoms with Crippen molar-refractivity contribution in [2.45, 2.75) is 0 Å². The minimum atomic E-state index is -0.0930. The largest absolute Gasteiger partial charge is 0.287 e. The van der Waals surface area contributed by atoms with Gasteiger partial charge in [0, 0.05) is 18.2 Å². The molecule has 3 heteroatoms. The minimum Gasteiger partial charge on any atom is -0.287 e. The zero-order chi connectivity index (χ0) is 16.8. The van der Waals surface area contributed by atoms with Gasteiger partial charge in [0.15, 0.2) is 0 Å². The first kappa shape index (κ1) is 15.7. The SMILES string of the molecule is CN(N=C(C(=O)c1ccccc1)c1ccccc1)c1ccccc1. The number of ketones is 1. The minimum absolute atomic E-state index is 0.0930. The average Bonchev–Trinajstić information content (AvgIpc) is 2.67. The molecule has 0 radical (unpaired) electrons. The van der Waals surface area contributed by atoms with E-state index >= 15 is 0 Å². The lowest BCUT2D eigenvalue weighted by molar-refractivity contribution is 0.106. The second kappa shape index (κ2) is 7.38. The zero-order valence-electron chi connectivity index (χ0n) is 13.5. The molecule has 3 nitrogen and oxygen atoms in total. The Kier molecular flexibility index (Phi) is 4.82. The molecule has 0 saturated carbocycles. The predicted molar refractivity (Wildman–Crippen MR) is 98.6 cm³/mol. The summed E-state index contributed by atoms with van der Waals surface area (Å²) >= 11 is 0. The molecule has 3 aromatic carbocycles. The van der Waals surface area contributed by atoms with Crippen LogP contribution in [0.2, 0.25) is 0 Å². The summed E-state index contributed by atoms with van der Waals surface area (Å²) in [7, 11) is 1.84. The number of hydrogen-bond donors (Lipinski definition) is 0. The molecule has 0 aromatic heterocycles. The van der Waals surface area contributed by atoms with Crippen LogP contribution in [0.25, 0.3) is 0 Å². The van der Waals surface area contributed by atoms with Gasteiger partial charge in [-0.25, -0.2) is 0 Å². The Morgan fingerprint density at radius 1 is 0.708 bits per heavy atom. The molecule has 24 heavy (non-hydrogen) atoms. The van der Waals surface area contributed by atoms with E-state index in [2.05, 4.69) is 5.10 Å².